The van der Waals surface area contributed by atoms with Crippen LogP contribution in [0.5, 0.6) is 0 Å². The van der Waals surface area contributed by atoms with Crippen molar-refractivity contribution in [3.8, 4) is 0 Å². The summed E-state index contributed by atoms with van der Waals surface area (Å²) in [5, 5.41) is 9.16. The molecule has 1 aromatic carbocycles. The number of nitrogens with zero attached hydrogens (tertiary/aromatic N) is 4. The Labute approximate surface area is 146 Å². The maximum absolute atomic E-state index is 6.16. The molecule has 1 saturated heterocycles. The fourth-order valence-electron chi connectivity index (χ4n) is 3.45. The van der Waals surface area contributed by atoms with Crippen molar-refractivity contribution in [2.45, 2.75) is 25.3 Å². The van der Waals surface area contributed by atoms with Crippen molar-refractivity contribution in [1.82, 2.24) is 25.1 Å². The number of nitrogen functional groups attached to an aromatic ring is 1. The number of hydrogen-bond donors (Lipinski definition) is 2. The predicted octanol–water partition coefficient (Wildman–Crippen LogP) is 2.68. The average molecular weight is 334 g/mol. The van der Waals surface area contributed by atoms with Crippen LogP contribution in [-0.4, -0.2) is 32.8 Å². The largest absolute Gasteiger partial charge is 0.383 e. The van der Waals surface area contributed by atoms with Crippen LogP contribution >= 0.6 is 0 Å². The summed E-state index contributed by atoms with van der Waals surface area (Å²) in [6.45, 7) is 4.14. The third kappa shape index (κ3) is 2.89. The molecule has 6 heteroatoms. The maximum atomic E-state index is 6.16. The van der Waals surface area contributed by atoms with Crippen LogP contribution in [0.2, 0.25) is 0 Å². The van der Waals surface area contributed by atoms with E-state index in [0.29, 0.717) is 5.82 Å². The van der Waals surface area contributed by atoms with Gasteiger partial charge in [0.2, 0.25) is 0 Å². The Bertz CT molecular complexity index is 906. The van der Waals surface area contributed by atoms with Crippen LogP contribution in [-0.2, 0) is 5.54 Å². The highest BCUT2D eigenvalue weighted by molar-refractivity contribution is 5.94. The first-order valence-electron chi connectivity index (χ1n) is 8.61. The first-order chi connectivity index (χ1) is 12.2. The average Bonchev–Trinajstić information content (AvgIpc) is 3.02. The smallest absolute Gasteiger partial charge is 0.164 e. The van der Waals surface area contributed by atoms with E-state index in [9.17, 15) is 0 Å². The molecule has 0 radical (unpaired) electrons. The predicted molar refractivity (Wildman–Crippen MR) is 101 cm³/mol. The fourth-order valence-corrected chi connectivity index (χ4v) is 3.45. The number of benzene rings is 1. The van der Waals surface area contributed by atoms with E-state index in [1.165, 1.54) is 6.33 Å². The minimum absolute atomic E-state index is 0.115. The van der Waals surface area contributed by atoms with E-state index in [-0.39, 0.29) is 5.54 Å². The van der Waals surface area contributed by atoms with Crippen LogP contribution in [0, 0.1) is 0 Å². The van der Waals surface area contributed by atoms with Crippen LogP contribution in [0.25, 0.3) is 23.2 Å². The van der Waals surface area contributed by atoms with Gasteiger partial charge in [-0.2, -0.15) is 5.10 Å². The Morgan fingerprint density at radius 1 is 1.20 bits per heavy atom. The first-order valence-corrected chi connectivity index (χ1v) is 8.61. The zero-order valence-electron chi connectivity index (χ0n) is 14.3. The van der Waals surface area contributed by atoms with Gasteiger partial charge in [0.05, 0.1) is 16.6 Å². The minimum Gasteiger partial charge on any atom is -0.383 e. The van der Waals surface area contributed by atoms with Crippen LogP contribution in [0.3, 0.4) is 0 Å². The number of hydrogen-bond acceptors (Lipinski definition) is 5. The lowest BCUT2D eigenvalue weighted by atomic mass is 9.92. The third-order valence-corrected chi connectivity index (χ3v) is 4.84. The monoisotopic (exact) mass is 334 g/mol. The number of fused-ring (bicyclic) bond motifs is 1. The highest BCUT2D eigenvalue weighted by atomic mass is 15.4. The molecule has 3 aromatic rings. The molecule has 25 heavy (non-hydrogen) atoms. The van der Waals surface area contributed by atoms with Gasteiger partial charge >= 0.3 is 0 Å². The fraction of sp³-hybridized carbons (Fsp3) is 0.316. The normalized spacial score (nSPS) is 21.2. The lowest BCUT2D eigenvalue weighted by molar-refractivity contribution is 0.221. The molecule has 0 unspecified atom stereocenters. The molecule has 1 aliphatic rings. The molecule has 2 aromatic heterocycles. The molecular formula is C19H22N6. The highest BCUT2D eigenvalue weighted by Crippen LogP contribution is 2.31. The number of nitrogens with two attached hydrogens (primary N) is 1. The first kappa shape index (κ1) is 15.8. The summed E-state index contributed by atoms with van der Waals surface area (Å²) in [7, 11) is 0. The summed E-state index contributed by atoms with van der Waals surface area (Å²) >= 11 is 0. The Balaban J connectivity index is 1.83. The van der Waals surface area contributed by atoms with Crippen molar-refractivity contribution in [2.24, 2.45) is 0 Å². The Kier molecular flexibility index (Phi) is 3.97. The molecule has 0 bridgehead atoms. The second-order valence-electron chi connectivity index (χ2n) is 6.78. The van der Waals surface area contributed by atoms with Crippen molar-refractivity contribution in [3.63, 3.8) is 0 Å². The SMILES string of the molecule is C[C@@]1(n2nc(/C=C/c3ccccc3)c3c(N)ncnc32)CCCNC1. The molecule has 1 fully saturated rings. The molecular weight excluding hydrogens is 312 g/mol. The highest BCUT2D eigenvalue weighted by Gasteiger charge is 2.32. The molecule has 128 valence electrons. The molecule has 6 nitrogen and oxygen atoms in total. The Morgan fingerprint density at radius 3 is 2.80 bits per heavy atom. The summed E-state index contributed by atoms with van der Waals surface area (Å²) in [6, 6.07) is 10.2. The molecule has 0 aliphatic carbocycles. The number of nitrogens with one attached hydrogen (secondary N) is 1. The Morgan fingerprint density at radius 2 is 2.04 bits per heavy atom. The van der Waals surface area contributed by atoms with E-state index >= 15 is 0 Å². The second kappa shape index (κ2) is 6.29. The van der Waals surface area contributed by atoms with Gasteiger partial charge in [0.25, 0.3) is 0 Å². The molecule has 0 amide bonds. The number of aromatic nitrogens is 4. The summed E-state index contributed by atoms with van der Waals surface area (Å²) in [6.07, 6.45) is 7.73. The van der Waals surface area contributed by atoms with E-state index in [4.69, 9.17) is 10.8 Å². The Hall–Kier alpha value is -2.73. The van der Waals surface area contributed by atoms with Crippen molar-refractivity contribution in [2.75, 3.05) is 18.8 Å². The third-order valence-electron chi connectivity index (χ3n) is 4.84. The van der Waals surface area contributed by atoms with Gasteiger partial charge in [-0.15, -0.1) is 0 Å². The van der Waals surface area contributed by atoms with E-state index in [2.05, 4.69) is 34.3 Å². The van der Waals surface area contributed by atoms with Crippen LogP contribution in [0.1, 0.15) is 31.0 Å². The van der Waals surface area contributed by atoms with Crippen molar-refractivity contribution >= 4 is 29.0 Å². The number of rotatable bonds is 3. The number of anilines is 1. The summed E-state index contributed by atoms with van der Waals surface area (Å²) in [5.41, 5.74) is 8.77. The van der Waals surface area contributed by atoms with Gasteiger partial charge in [0.15, 0.2) is 5.65 Å². The molecule has 3 N–H and O–H groups in total. The van der Waals surface area contributed by atoms with Crippen molar-refractivity contribution in [3.05, 3.63) is 47.9 Å². The second-order valence-corrected chi connectivity index (χ2v) is 6.78. The van der Waals surface area contributed by atoms with Gasteiger partial charge in [0.1, 0.15) is 12.1 Å². The van der Waals surface area contributed by atoms with Gasteiger partial charge in [0, 0.05) is 6.54 Å². The maximum Gasteiger partial charge on any atom is 0.164 e. The molecule has 0 spiro atoms. The molecule has 0 saturated carbocycles. The van der Waals surface area contributed by atoms with Crippen LogP contribution in [0.15, 0.2) is 36.7 Å². The zero-order chi connectivity index (χ0) is 17.3. The topological polar surface area (TPSA) is 81.7 Å². The zero-order valence-corrected chi connectivity index (χ0v) is 14.3. The molecule has 3 heterocycles. The summed E-state index contributed by atoms with van der Waals surface area (Å²) < 4.78 is 2.02. The summed E-state index contributed by atoms with van der Waals surface area (Å²) in [5.74, 6) is 0.469. The van der Waals surface area contributed by atoms with Crippen molar-refractivity contribution in [1.29, 1.82) is 0 Å². The van der Waals surface area contributed by atoms with E-state index in [0.717, 1.165) is 48.2 Å². The number of piperidine rings is 1. The lowest BCUT2D eigenvalue weighted by Gasteiger charge is -2.34. The standard InChI is InChI=1S/C19H22N6/c1-19(10-5-11-21-12-19)25-18-16(17(20)22-13-23-18)15(24-25)9-8-14-6-3-2-4-7-14/h2-4,6-9,13,21H,5,10-12H2,1H3,(H2,20,22,23)/b9-8+/t19-/m1/s1. The molecule has 1 aliphatic heterocycles. The lowest BCUT2D eigenvalue weighted by Crippen LogP contribution is -2.46. The molecule has 4 rings (SSSR count). The minimum atomic E-state index is -0.115. The van der Waals surface area contributed by atoms with Crippen LogP contribution < -0.4 is 11.1 Å². The summed E-state index contributed by atoms with van der Waals surface area (Å²) in [4.78, 5) is 8.65. The van der Waals surface area contributed by atoms with Gasteiger partial charge in [-0.1, -0.05) is 36.4 Å². The van der Waals surface area contributed by atoms with Gasteiger partial charge < -0.3 is 11.1 Å². The van der Waals surface area contributed by atoms with E-state index in [1.807, 2.05) is 35.0 Å². The van der Waals surface area contributed by atoms with Gasteiger partial charge in [-0.05, 0) is 37.9 Å². The molecule has 1 atom stereocenters. The van der Waals surface area contributed by atoms with Crippen LogP contribution in [0.4, 0.5) is 5.82 Å². The van der Waals surface area contributed by atoms with E-state index < -0.39 is 0 Å². The quantitative estimate of drug-likeness (QED) is 0.769. The van der Waals surface area contributed by atoms with Gasteiger partial charge in [-0.25, -0.2) is 14.6 Å². The van der Waals surface area contributed by atoms with E-state index in [1.54, 1.807) is 0 Å². The van der Waals surface area contributed by atoms with Gasteiger partial charge in [-0.3, -0.25) is 0 Å². The van der Waals surface area contributed by atoms with Crippen molar-refractivity contribution < 1.29 is 0 Å².